The number of likely N-dealkylation sites (tertiary alicyclic amines) is 1. The number of amides is 2. The number of halogens is 1. The normalized spacial score (nSPS) is 14.8. The second kappa shape index (κ2) is 8.20. The minimum Gasteiger partial charge on any atom is -0.496 e. The maximum absolute atomic E-state index is 13.0. The van der Waals surface area contributed by atoms with Crippen LogP contribution in [0.25, 0.3) is 0 Å². The smallest absolute Gasteiger partial charge is 0.257 e. The van der Waals surface area contributed by atoms with Gasteiger partial charge in [-0.2, -0.15) is 0 Å². The lowest BCUT2D eigenvalue weighted by atomic mass is 9.90. The van der Waals surface area contributed by atoms with Gasteiger partial charge in [0.25, 0.3) is 5.91 Å². The zero-order chi connectivity index (χ0) is 19.4. The monoisotopic (exact) mass is 370 g/mol. The van der Waals surface area contributed by atoms with Crippen LogP contribution in [0.15, 0.2) is 42.5 Å². The molecular weight excluding hydrogens is 347 g/mol. The lowest BCUT2D eigenvalue weighted by Crippen LogP contribution is -2.39. The Balaban J connectivity index is 1.65. The molecule has 0 radical (unpaired) electrons. The van der Waals surface area contributed by atoms with Gasteiger partial charge in [-0.05, 0) is 61.1 Å². The van der Waals surface area contributed by atoms with E-state index in [0.29, 0.717) is 30.3 Å². The van der Waals surface area contributed by atoms with Crippen LogP contribution >= 0.6 is 0 Å². The molecule has 2 N–H and O–H groups in total. The number of carbonyl (C=O) groups excluding carboxylic acids is 2. The van der Waals surface area contributed by atoms with Gasteiger partial charge in [0, 0.05) is 18.7 Å². The Bertz CT molecular complexity index is 828. The molecule has 1 aliphatic rings. The Morgan fingerprint density at radius 3 is 2.41 bits per heavy atom. The van der Waals surface area contributed by atoms with Crippen molar-refractivity contribution in [3.8, 4) is 5.75 Å². The van der Waals surface area contributed by atoms with E-state index in [1.165, 1.54) is 25.3 Å². The Morgan fingerprint density at radius 1 is 1.15 bits per heavy atom. The zero-order valence-corrected chi connectivity index (χ0v) is 15.3. The van der Waals surface area contributed by atoms with E-state index in [4.69, 9.17) is 10.5 Å². The predicted octanol–water partition coefficient (Wildman–Crippen LogP) is 3.03. The first-order valence-electron chi connectivity index (χ1n) is 8.99. The fraction of sp³-hybridized carbons (Fsp3) is 0.333. The molecule has 5 nitrogen and oxygen atoms in total. The van der Waals surface area contributed by atoms with Gasteiger partial charge >= 0.3 is 0 Å². The third-order valence-corrected chi connectivity index (χ3v) is 5.05. The number of nitrogens with two attached hydrogens (primary N) is 1. The van der Waals surface area contributed by atoms with Crippen LogP contribution in [0.3, 0.4) is 0 Å². The molecule has 1 saturated heterocycles. The van der Waals surface area contributed by atoms with Crippen molar-refractivity contribution in [2.45, 2.75) is 19.3 Å². The number of carbonyl (C=O) groups is 2. The van der Waals surface area contributed by atoms with Gasteiger partial charge in [-0.3, -0.25) is 9.59 Å². The third kappa shape index (κ3) is 4.45. The first-order valence-corrected chi connectivity index (χ1v) is 8.99. The van der Waals surface area contributed by atoms with Crippen LogP contribution in [0.1, 0.15) is 39.1 Å². The highest BCUT2D eigenvalue weighted by molar-refractivity contribution is 6.01. The fourth-order valence-electron chi connectivity index (χ4n) is 3.49. The van der Waals surface area contributed by atoms with Crippen LogP contribution in [-0.2, 0) is 6.42 Å². The molecule has 0 unspecified atom stereocenters. The van der Waals surface area contributed by atoms with Gasteiger partial charge in [-0.1, -0.05) is 12.1 Å². The lowest BCUT2D eigenvalue weighted by Gasteiger charge is -2.32. The molecule has 0 atom stereocenters. The van der Waals surface area contributed by atoms with E-state index in [0.717, 1.165) is 24.8 Å². The number of benzene rings is 2. The molecule has 27 heavy (non-hydrogen) atoms. The number of nitrogens with zero attached hydrogens (tertiary/aromatic N) is 1. The summed E-state index contributed by atoms with van der Waals surface area (Å²) in [6, 6.07) is 11.2. The molecule has 1 aliphatic heterocycles. The quantitative estimate of drug-likeness (QED) is 0.879. The lowest BCUT2D eigenvalue weighted by molar-refractivity contribution is 0.0687. The summed E-state index contributed by atoms with van der Waals surface area (Å²) >= 11 is 0. The maximum atomic E-state index is 13.0. The molecule has 2 aromatic rings. The van der Waals surface area contributed by atoms with E-state index in [2.05, 4.69) is 0 Å². The van der Waals surface area contributed by atoms with E-state index >= 15 is 0 Å². The van der Waals surface area contributed by atoms with E-state index in [1.54, 1.807) is 17.0 Å². The summed E-state index contributed by atoms with van der Waals surface area (Å²) in [5, 5.41) is 0. The van der Waals surface area contributed by atoms with Gasteiger partial charge in [-0.25, -0.2) is 4.39 Å². The molecular formula is C21H23FN2O3. The summed E-state index contributed by atoms with van der Waals surface area (Å²) in [4.78, 5) is 26.1. The number of hydrogen-bond donors (Lipinski definition) is 1. The van der Waals surface area contributed by atoms with Gasteiger partial charge < -0.3 is 15.4 Å². The van der Waals surface area contributed by atoms with Crippen molar-refractivity contribution < 1.29 is 18.7 Å². The van der Waals surface area contributed by atoms with Crippen LogP contribution in [0, 0.1) is 11.7 Å². The first-order chi connectivity index (χ1) is 13.0. The molecule has 6 heteroatoms. The van der Waals surface area contributed by atoms with Crippen molar-refractivity contribution in [1.82, 2.24) is 4.90 Å². The van der Waals surface area contributed by atoms with Gasteiger partial charge in [0.15, 0.2) is 0 Å². The summed E-state index contributed by atoms with van der Waals surface area (Å²) in [7, 11) is 1.49. The summed E-state index contributed by atoms with van der Waals surface area (Å²) in [5.74, 6) is -0.0806. The first kappa shape index (κ1) is 18.9. The second-order valence-electron chi connectivity index (χ2n) is 6.85. The van der Waals surface area contributed by atoms with Gasteiger partial charge in [0.05, 0.1) is 12.7 Å². The predicted molar refractivity (Wildman–Crippen MR) is 100 cm³/mol. The molecule has 0 spiro atoms. The maximum Gasteiger partial charge on any atom is 0.257 e. The molecule has 1 fully saturated rings. The standard InChI is InChI=1S/C21H23FN2O3/c1-27-19-7-4-16(20(23)25)13-18(19)21(26)24-10-8-15(9-11-24)12-14-2-5-17(22)6-3-14/h2-7,13,15H,8-12H2,1H3,(H2,23,25). The molecule has 2 aromatic carbocycles. The number of ether oxygens (including phenoxy) is 1. The fourth-order valence-corrected chi connectivity index (χ4v) is 3.49. The summed E-state index contributed by atoms with van der Waals surface area (Å²) < 4.78 is 18.3. The summed E-state index contributed by atoms with van der Waals surface area (Å²) in [6.45, 7) is 1.27. The van der Waals surface area contributed by atoms with Crippen molar-refractivity contribution in [2.75, 3.05) is 20.2 Å². The SMILES string of the molecule is COc1ccc(C(N)=O)cc1C(=O)N1CCC(Cc2ccc(F)cc2)CC1. The number of methoxy groups -OCH3 is 1. The minimum absolute atomic E-state index is 0.157. The number of piperidine rings is 1. The number of rotatable bonds is 5. The Labute approximate surface area is 157 Å². The van der Waals surface area contributed by atoms with Crippen LogP contribution in [0.4, 0.5) is 4.39 Å². The van der Waals surface area contributed by atoms with Gasteiger partial charge in [0.1, 0.15) is 11.6 Å². The molecule has 3 rings (SSSR count). The molecule has 2 amide bonds. The van der Waals surface area contributed by atoms with E-state index in [1.807, 2.05) is 12.1 Å². The second-order valence-corrected chi connectivity index (χ2v) is 6.85. The van der Waals surface area contributed by atoms with E-state index in [9.17, 15) is 14.0 Å². The number of primary amides is 1. The number of hydrogen-bond acceptors (Lipinski definition) is 3. The highest BCUT2D eigenvalue weighted by Crippen LogP contribution is 2.26. The Hall–Kier alpha value is -2.89. The topological polar surface area (TPSA) is 72.6 Å². The molecule has 1 heterocycles. The Morgan fingerprint density at radius 2 is 1.81 bits per heavy atom. The minimum atomic E-state index is -0.579. The van der Waals surface area contributed by atoms with Crippen LogP contribution in [-0.4, -0.2) is 36.9 Å². The highest BCUT2D eigenvalue weighted by Gasteiger charge is 2.26. The molecule has 0 bridgehead atoms. The van der Waals surface area contributed by atoms with Crippen molar-refractivity contribution >= 4 is 11.8 Å². The highest BCUT2D eigenvalue weighted by atomic mass is 19.1. The summed E-state index contributed by atoms with van der Waals surface area (Å²) in [6.07, 6.45) is 2.63. The van der Waals surface area contributed by atoms with Crippen LogP contribution in [0.5, 0.6) is 5.75 Å². The summed E-state index contributed by atoms with van der Waals surface area (Å²) in [5.41, 5.74) is 7.07. The zero-order valence-electron chi connectivity index (χ0n) is 15.3. The van der Waals surface area contributed by atoms with Crippen molar-refractivity contribution in [1.29, 1.82) is 0 Å². The van der Waals surface area contributed by atoms with Crippen molar-refractivity contribution in [3.05, 3.63) is 65.0 Å². The largest absolute Gasteiger partial charge is 0.496 e. The van der Waals surface area contributed by atoms with E-state index in [-0.39, 0.29) is 17.3 Å². The molecule has 142 valence electrons. The molecule has 0 aliphatic carbocycles. The van der Waals surface area contributed by atoms with Crippen LogP contribution < -0.4 is 10.5 Å². The third-order valence-electron chi connectivity index (χ3n) is 5.05. The molecule has 0 aromatic heterocycles. The van der Waals surface area contributed by atoms with E-state index < -0.39 is 5.91 Å². The average Bonchev–Trinajstić information content (AvgIpc) is 2.69. The van der Waals surface area contributed by atoms with Gasteiger partial charge in [-0.15, -0.1) is 0 Å². The van der Waals surface area contributed by atoms with Crippen molar-refractivity contribution in [2.24, 2.45) is 11.7 Å². The van der Waals surface area contributed by atoms with Crippen molar-refractivity contribution in [3.63, 3.8) is 0 Å². The van der Waals surface area contributed by atoms with Crippen LogP contribution in [0.2, 0.25) is 0 Å². The van der Waals surface area contributed by atoms with Gasteiger partial charge in [0.2, 0.25) is 5.91 Å². The average molecular weight is 370 g/mol. The Kier molecular flexibility index (Phi) is 5.74. The molecule has 0 saturated carbocycles.